The fourth-order valence-corrected chi connectivity index (χ4v) is 4.26. The monoisotopic (exact) mass is 414 g/mol. The van der Waals surface area contributed by atoms with Crippen molar-refractivity contribution in [3.63, 3.8) is 0 Å². The van der Waals surface area contributed by atoms with Crippen LogP contribution in [0.5, 0.6) is 0 Å². The molecule has 1 N–H and O–H groups in total. The van der Waals surface area contributed by atoms with E-state index in [1.165, 1.54) is 37.7 Å². The molecule has 1 aliphatic heterocycles. The summed E-state index contributed by atoms with van der Waals surface area (Å²) in [5.74, 6) is 2.15. The second-order valence-electron chi connectivity index (χ2n) is 8.91. The molecule has 1 atom stereocenters. The van der Waals surface area contributed by atoms with E-state index in [1.54, 1.807) is 19.0 Å². The molecule has 6 heteroatoms. The molecule has 1 saturated heterocycles. The third-order valence-corrected chi connectivity index (χ3v) is 6.19. The summed E-state index contributed by atoms with van der Waals surface area (Å²) in [6.07, 6.45) is 7.73. The van der Waals surface area contributed by atoms with Gasteiger partial charge in [0.25, 0.3) is 0 Å². The van der Waals surface area contributed by atoms with Crippen LogP contribution >= 0.6 is 0 Å². The lowest BCUT2D eigenvalue weighted by Gasteiger charge is -2.27. The summed E-state index contributed by atoms with van der Waals surface area (Å²) in [5, 5.41) is 3.59. The van der Waals surface area contributed by atoms with Gasteiger partial charge in [0.2, 0.25) is 5.91 Å². The lowest BCUT2D eigenvalue weighted by atomic mass is 9.89. The predicted molar refractivity (Wildman–Crippen MR) is 121 cm³/mol. The van der Waals surface area contributed by atoms with Crippen molar-refractivity contribution >= 4 is 11.9 Å². The highest BCUT2D eigenvalue weighted by Gasteiger charge is 2.26. The summed E-state index contributed by atoms with van der Waals surface area (Å²) in [6, 6.07) is 10.3. The number of likely N-dealkylation sites (N-methyl/N-ethyl adjacent to an activating group) is 1. The Kier molecular flexibility index (Phi) is 9.00. The molecule has 0 radical (unpaired) electrons. The van der Waals surface area contributed by atoms with Crippen molar-refractivity contribution in [2.45, 2.75) is 45.1 Å². The van der Waals surface area contributed by atoms with Gasteiger partial charge in [0.05, 0.1) is 13.2 Å². The van der Waals surface area contributed by atoms with Crippen LogP contribution in [0.4, 0.5) is 0 Å². The van der Waals surface area contributed by atoms with Gasteiger partial charge in [-0.1, -0.05) is 49.6 Å². The summed E-state index contributed by atoms with van der Waals surface area (Å²) in [5.41, 5.74) is 1.21. The van der Waals surface area contributed by atoms with E-state index in [1.807, 2.05) is 18.2 Å². The molecule has 0 spiro atoms. The Balaban J connectivity index is 1.50. The van der Waals surface area contributed by atoms with E-state index in [4.69, 9.17) is 4.74 Å². The molecule has 1 heterocycles. The van der Waals surface area contributed by atoms with Gasteiger partial charge in [-0.25, -0.2) is 4.99 Å². The van der Waals surface area contributed by atoms with Gasteiger partial charge in [-0.15, -0.1) is 0 Å². The highest BCUT2D eigenvalue weighted by molar-refractivity contribution is 5.85. The summed E-state index contributed by atoms with van der Waals surface area (Å²) in [7, 11) is 3.56. The van der Waals surface area contributed by atoms with Crippen LogP contribution in [0, 0.1) is 11.8 Å². The number of aliphatic imine (C=N–C) groups is 1. The zero-order valence-electron chi connectivity index (χ0n) is 18.7. The number of nitrogens with one attached hydrogen (secondary N) is 1. The van der Waals surface area contributed by atoms with Gasteiger partial charge < -0.3 is 19.9 Å². The molecule has 1 aromatic carbocycles. The number of nitrogens with zero attached hydrogens (tertiary/aromatic N) is 3. The molecule has 2 fully saturated rings. The third-order valence-electron chi connectivity index (χ3n) is 6.19. The normalized spacial score (nSPS) is 20.4. The molecule has 0 bridgehead atoms. The van der Waals surface area contributed by atoms with Crippen molar-refractivity contribution in [1.82, 2.24) is 15.1 Å². The number of carbonyl (C=O) groups is 1. The van der Waals surface area contributed by atoms with E-state index in [-0.39, 0.29) is 12.5 Å². The number of likely N-dealkylation sites (tertiary alicyclic amines) is 1. The van der Waals surface area contributed by atoms with Crippen LogP contribution in [0.3, 0.4) is 0 Å². The molecule has 1 unspecified atom stereocenters. The van der Waals surface area contributed by atoms with Gasteiger partial charge in [0.15, 0.2) is 5.96 Å². The number of ether oxygens (including phenoxy) is 1. The highest BCUT2D eigenvalue weighted by Crippen LogP contribution is 2.23. The first-order valence-electron chi connectivity index (χ1n) is 11.5. The Bertz CT molecular complexity index is 671. The average molecular weight is 415 g/mol. The highest BCUT2D eigenvalue weighted by atomic mass is 16.5. The second-order valence-corrected chi connectivity index (χ2v) is 8.91. The molecule has 2 aliphatic rings. The number of hydrogen-bond donors (Lipinski definition) is 1. The Morgan fingerprint density at radius 3 is 2.63 bits per heavy atom. The molecule has 166 valence electrons. The Morgan fingerprint density at radius 1 is 1.13 bits per heavy atom. The van der Waals surface area contributed by atoms with Crippen molar-refractivity contribution < 1.29 is 9.53 Å². The van der Waals surface area contributed by atoms with Gasteiger partial charge in [-0.05, 0) is 30.7 Å². The Morgan fingerprint density at radius 2 is 1.90 bits per heavy atom. The maximum Gasteiger partial charge on any atom is 0.243 e. The van der Waals surface area contributed by atoms with Crippen LogP contribution in [0.15, 0.2) is 35.3 Å². The molecule has 1 saturated carbocycles. The smallest absolute Gasteiger partial charge is 0.243 e. The number of benzene rings is 1. The van der Waals surface area contributed by atoms with E-state index in [0.717, 1.165) is 44.5 Å². The van der Waals surface area contributed by atoms with Crippen molar-refractivity contribution in [2.75, 3.05) is 46.9 Å². The molecule has 1 aromatic rings. The van der Waals surface area contributed by atoms with E-state index in [2.05, 4.69) is 27.3 Å². The standard InChI is InChI=1S/C24H38N4O2/c1-27(2)23(29)16-26-24(25-15-20-9-5-3-6-10-20)28-14-13-22(17-28)19-30-18-21-11-7-4-8-12-21/h4,7-8,11-12,20,22H,3,5-6,9-10,13-19H2,1-2H3,(H,25,26). The van der Waals surface area contributed by atoms with Gasteiger partial charge in [0, 0.05) is 39.6 Å². The van der Waals surface area contributed by atoms with Gasteiger partial charge >= 0.3 is 0 Å². The largest absolute Gasteiger partial charge is 0.376 e. The van der Waals surface area contributed by atoms with Crippen molar-refractivity contribution in [3.05, 3.63) is 35.9 Å². The minimum Gasteiger partial charge on any atom is -0.376 e. The molecule has 1 aliphatic carbocycles. The number of rotatable bonds is 8. The fraction of sp³-hybridized carbons (Fsp3) is 0.667. The molecule has 0 aromatic heterocycles. The van der Waals surface area contributed by atoms with Crippen LogP contribution < -0.4 is 5.32 Å². The van der Waals surface area contributed by atoms with Gasteiger partial charge in [-0.2, -0.15) is 0 Å². The lowest BCUT2D eigenvalue weighted by molar-refractivity contribution is -0.127. The summed E-state index contributed by atoms with van der Waals surface area (Å²) in [4.78, 5) is 20.6. The fourth-order valence-electron chi connectivity index (χ4n) is 4.26. The molecular formula is C24H38N4O2. The quantitative estimate of drug-likeness (QED) is 0.524. The first-order chi connectivity index (χ1) is 14.6. The van der Waals surface area contributed by atoms with Gasteiger partial charge in [-0.3, -0.25) is 4.79 Å². The average Bonchev–Trinajstić information content (AvgIpc) is 3.23. The molecular weight excluding hydrogens is 376 g/mol. The van der Waals surface area contributed by atoms with Crippen molar-refractivity contribution in [1.29, 1.82) is 0 Å². The van der Waals surface area contributed by atoms with E-state index in [9.17, 15) is 4.79 Å². The summed E-state index contributed by atoms with van der Waals surface area (Å²) < 4.78 is 5.97. The zero-order valence-corrected chi connectivity index (χ0v) is 18.7. The van der Waals surface area contributed by atoms with Crippen molar-refractivity contribution in [3.8, 4) is 0 Å². The van der Waals surface area contributed by atoms with Gasteiger partial charge in [0.1, 0.15) is 6.54 Å². The number of guanidine groups is 1. The molecule has 1 amide bonds. The minimum absolute atomic E-state index is 0.0360. The third kappa shape index (κ3) is 7.31. The molecule has 6 nitrogen and oxygen atoms in total. The molecule has 30 heavy (non-hydrogen) atoms. The Labute approximate surface area is 181 Å². The SMILES string of the molecule is CN(C)C(=O)CN=C(NCC1CCCCC1)N1CCC(COCc2ccccc2)C1. The minimum atomic E-state index is 0.0360. The maximum atomic E-state index is 12.1. The number of carbonyl (C=O) groups excluding carboxylic acids is 1. The first-order valence-corrected chi connectivity index (χ1v) is 11.5. The van der Waals surface area contributed by atoms with E-state index >= 15 is 0 Å². The predicted octanol–water partition coefficient (Wildman–Crippen LogP) is 3.14. The lowest BCUT2D eigenvalue weighted by Crippen LogP contribution is -2.43. The van der Waals surface area contributed by atoms with E-state index in [0.29, 0.717) is 12.5 Å². The maximum absolute atomic E-state index is 12.1. The van der Waals surface area contributed by atoms with Crippen LogP contribution in [0.25, 0.3) is 0 Å². The van der Waals surface area contributed by atoms with Crippen LogP contribution in [0.2, 0.25) is 0 Å². The zero-order chi connectivity index (χ0) is 21.2. The van der Waals surface area contributed by atoms with Crippen molar-refractivity contribution in [2.24, 2.45) is 16.8 Å². The van der Waals surface area contributed by atoms with Crippen LogP contribution in [0.1, 0.15) is 44.1 Å². The summed E-state index contributed by atoms with van der Waals surface area (Å²) >= 11 is 0. The van der Waals surface area contributed by atoms with Crippen LogP contribution in [-0.4, -0.2) is 68.5 Å². The second kappa shape index (κ2) is 11.9. The first kappa shape index (κ1) is 22.6. The topological polar surface area (TPSA) is 57.2 Å². The number of amides is 1. The molecule has 3 rings (SSSR count). The number of hydrogen-bond acceptors (Lipinski definition) is 3. The van der Waals surface area contributed by atoms with Crippen LogP contribution in [-0.2, 0) is 16.1 Å². The summed E-state index contributed by atoms with van der Waals surface area (Å²) in [6.45, 7) is 4.48. The Hall–Kier alpha value is -2.08. The van der Waals surface area contributed by atoms with E-state index < -0.39 is 0 Å².